The summed E-state index contributed by atoms with van der Waals surface area (Å²) in [5.41, 5.74) is 1.18. The Morgan fingerprint density at radius 2 is 2.00 bits per heavy atom. The van der Waals surface area contributed by atoms with Gasteiger partial charge in [0.1, 0.15) is 5.82 Å². The SMILES string of the molecule is Fc1[c]cc(CN2CCC[C@H]2CN2CCCC2)cc1. The van der Waals surface area contributed by atoms with Crippen molar-refractivity contribution in [3.05, 3.63) is 35.6 Å². The van der Waals surface area contributed by atoms with Crippen LogP contribution in [0.15, 0.2) is 18.2 Å². The zero-order valence-corrected chi connectivity index (χ0v) is 11.4. The van der Waals surface area contributed by atoms with Crippen molar-refractivity contribution in [2.24, 2.45) is 0 Å². The molecule has 1 aromatic carbocycles. The summed E-state index contributed by atoms with van der Waals surface area (Å²) in [6.45, 7) is 5.87. The molecule has 0 aliphatic carbocycles. The van der Waals surface area contributed by atoms with E-state index in [1.807, 2.05) is 6.07 Å². The third-order valence-corrected chi connectivity index (χ3v) is 4.39. The summed E-state index contributed by atoms with van der Waals surface area (Å²) in [4.78, 5) is 5.15. The smallest absolute Gasteiger partial charge is 0.131 e. The Morgan fingerprint density at radius 3 is 2.74 bits per heavy atom. The second kappa shape index (κ2) is 6.02. The summed E-state index contributed by atoms with van der Waals surface area (Å²) < 4.78 is 12.9. The largest absolute Gasteiger partial charge is 0.302 e. The van der Waals surface area contributed by atoms with Crippen molar-refractivity contribution in [3.8, 4) is 0 Å². The van der Waals surface area contributed by atoms with Crippen LogP contribution in [0.3, 0.4) is 0 Å². The van der Waals surface area contributed by atoms with Crippen LogP contribution in [0.25, 0.3) is 0 Å². The lowest BCUT2D eigenvalue weighted by molar-refractivity contribution is 0.185. The Kier molecular flexibility index (Phi) is 4.14. The van der Waals surface area contributed by atoms with Gasteiger partial charge in [0.2, 0.25) is 0 Å². The lowest BCUT2D eigenvalue weighted by Crippen LogP contribution is -2.38. The van der Waals surface area contributed by atoms with Crippen LogP contribution in [0, 0.1) is 11.9 Å². The van der Waals surface area contributed by atoms with Crippen LogP contribution in [0.5, 0.6) is 0 Å². The lowest BCUT2D eigenvalue weighted by Gasteiger charge is -2.28. The molecule has 1 aromatic rings. The standard InChI is InChI=1S/C16H22FN2/c17-15-7-5-14(6-8-15)12-19-11-3-4-16(19)13-18-9-1-2-10-18/h5-7,16H,1-4,9-13H2/t16-/m0/s1. The van der Waals surface area contributed by atoms with Crippen LogP contribution in [0.1, 0.15) is 31.2 Å². The van der Waals surface area contributed by atoms with E-state index in [0.717, 1.165) is 6.54 Å². The number of benzene rings is 1. The molecule has 2 saturated heterocycles. The predicted molar refractivity (Wildman–Crippen MR) is 74.3 cm³/mol. The van der Waals surface area contributed by atoms with Gasteiger partial charge in [0.05, 0.1) is 0 Å². The highest BCUT2D eigenvalue weighted by molar-refractivity contribution is 5.15. The molecule has 2 aliphatic heterocycles. The minimum absolute atomic E-state index is 0.265. The van der Waals surface area contributed by atoms with Crippen LogP contribution in [-0.2, 0) is 6.54 Å². The Labute approximate surface area is 115 Å². The number of rotatable bonds is 4. The first-order chi connectivity index (χ1) is 9.31. The number of hydrogen-bond acceptors (Lipinski definition) is 2. The number of hydrogen-bond donors (Lipinski definition) is 0. The molecule has 19 heavy (non-hydrogen) atoms. The molecule has 0 unspecified atom stereocenters. The Morgan fingerprint density at radius 1 is 1.16 bits per heavy atom. The zero-order valence-electron chi connectivity index (χ0n) is 11.4. The van der Waals surface area contributed by atoms with Crippen LogP contribution < -0.4 is 0 Å². The summed E-state index contributed by atoms with van der Waals surface area (Å²) in [6, 6.07) is 8.53. The Balaban J connectivity index is 1.57. The summed E-state index contributed by atoms with van der Waals surface area (Å²) >= 11 is 0. The molecule has 103 valence electrons. The van der Waals surface area contributed by atoms with Crippen molar-refractivity contribution in [1.29, 1.82) is 0 Å². The molecule has 0 spiro atoms. The van der Waals surface area contributed by atoms with E-state index >= 15 is 0 Å². The Bertz CT molecular complexity index is 398. The molecule has 0 N–H and O–H groups in total. The van der Waals surface area contributed by atoms with Crippen LogP contribution in [0.2, 0.25) is 0 Å². The molecule has 0 bridgehead atoms. The summed E-state index contributed by atoms with van der Waals surface area (Å²) in [5.74, 6) is -0.265. The molecular weight excluding hydrogens is 239 g/mol. The lowest BCUT2D eigenvalue weighted by atomic mass is 10.1. The van der Waals surface area contributed by atoms with E-state index in [9.17, 15) is 4.39 Å². The molecule has 3 rings (SSSR count). The molecule has 0 aromatic heterocycles. The van der Waals surface area contributed by atoms with Crippen molar-refractivity contribution in [1.82, 2.24) is 9.80 Å². The molecular formula is C16H22FN2. The van der Waals surface area contributed by atoms with Gasteiger partial charge < -0.3 is 4.90 Å². The molecule has 0 amide bonds. The van der Waals surface area contributed by atoms with Gasteiger partial charge in [-0.1, -0.05) is 6.07 Å². The van der Waals surface area contributed by atoms with Gasteiger partial charge in [0.25, 0.3) is 0 Å². The summed E-state index contributed by atoms with van der Waals surface area (Å²) in [5, 5.41) is 0. The van der Waals surface area contributed by atoms with Crippen molar-refractivity contribution in [2.75, 3.05) is 26.2 Å². The number of halogens is 1. The van der Waals surface area contributed by atoms with Gasteiger partial charge in [-0.25, -0.2) is 4.39 Å². The third-order valence-electron chi connectivity index (χ3n) is 4.39. The number of nitrogens with zero attached hydrogens (tertiary/aromatic N) is 2. The molecule has 1 atom stereocenters. The maximum absolute atomic E-state index is 12.9. The first-order valence-corrected chi connectivity index (χ1v) is 7.44. The second-order valence-corrected chi connectivity index (χ2v) is 5.82. The maximum atomic E-state index is 12.9. The molecule has 1 radical (unpaired) electrons. The van der Waals surface area contributed by atoms with E-state index in [2.05, 4.69) is 15.9 Å². The van der Waals surface area contributed by atoms with Gasteiger partial charge in [-0.05, 0) is 63.0 Å². The second-order valence-electron chi connectivity index (χ2n) is 5.82. The highest BCUT2D eigenvalue weighted by Crippen LogP contribution is 2.22. The van der Waals surface area contributed by atoms with Crippen LogP contribution in [-0.4, -0.2) is 42.0 Å². The normalized spacial score (nSPS) is 25.2. The average molecular weight is 261 g/mol. The highest BCUT2D eigenvalue weighted by atomic mass is 19.1. The summed E-state index contributed by atoms with van der Waals surface area (Å²) in [6.07, 6.45) is 5.32. The minimum Gasteiger partial charge on any atom is -0.302 e. The zero-order chi connectivity index (χ0) is 13.1. The number of likely N-dealkylation sites (tertiary alicyclic amines) is 2. The molecule has 3 heteroatoms. The van der Waals surface area contributed by atoms with E-state index in [4.69, 9.17) is 0 Å². The molecule has 2 heterocycles. The van der Waals surface area contributed by atoms with Gasteiger partial charge in [0.15, 0.2) is 0 Å². The van der Waals surface area contributed by atoms with E-state index in [1.54, 1.807) is 6.07 Å². The fourth-order valence-corrected chi connectivity index (χ4v) is 3.34. The fourth-order valence-electron chi connectivity index (χ4n) is 3.34. The van der Waals surface area contributed by atoms with Crippen molar-refractivity contribution in [2.45, 2.75) is 38.3 Å². The van der Waals surface area contributed by atoms with E-state index in [1.165, 1.54) is 63.5 Å². The average Bonchev–Trinajstić information content (AvgIpc) is 3.06. The van der Waals surface area contributed by atoms with E-state index < -0.39 is 0 Å². The minimum atomic E-state index is -0.265. The molecule has 2 fully saturated rings. The summed E-state index contributed by atoms with van der Waals surface area (Å²) in [7, 11) is 0. The van der Waals surface area contributed by atoms with Crippen molar-refractivity contribution < 1.29 is 4.39 Å². The molecule has 0 saturated carbocycles. The first kappa shape index (κ1) is 13.1. The van der Waals surface area contributed by atoms with Crippen LogP contribution in [0.4, 0.5) is 4.39 Å². The fraction of sp³-hybridized carbons (Fsp3) is 0.625. The van der Waals surface area contributed by atoms with Gasteiger partial charge in [0, 0.05) is 25.2 Å². The van der Waals surface area contributed by atoms with E-state index in [0.29, 0.717) is 6.04 Å². The van der Waals surface area contributed by atoms with Gasteiger partial charge in [-0.15, -0.1) is 0 Å². The Hall–Kier alpha value is -0.930. The topological polar surface area (TPSA) is 6.48 Å². The van der Waals surface area contributed by atoms with Crippen molar-refractivity contribution in [3.63, 3.8) is 0 Å². The quantitative estimate of drug-likeness (QED) is 0.822. The van der Waals surface area contributed by atoms with Crippen molar-refractivity contribution >= 4 is 0 Å². The monoisotopic (exact) mass is 261 g/mol. The van der Waals surface area contributed by atoms with E-state index in [-0.39, 0.29) is 5.82 Å². The van der Waals surface area contributed by atoms with Gasteiger partial charge in [-0.3, -0.25) is 4.90 Å². The molecule has 2 nitrogen and oxygen atoms in total. The molecule has 2 aliphatic rings. The third kappa shape index (κ3) is 3.34. The van der Waals surface area contributed by atoms with Crippen LogP contribution >= 0.6 is 0 Å². The predicted octanol–water partition coefficient (Wildman–Crippen LogP) is 2.69. The van der Waals surface area contributed by atoms with Gasteiger partial charge in [-0.2, -0.15) is 0 Å². The first-order valence-electron chi connectivity index (χ1n) is 7.44. The van der Waals surface area contributed by atoms with Gasteiger partial charge >= 0.3 is 0 Å². The maximum Gasteiger partial charge on any atom is 0.131 e. The highest BCUT2D eigenvalue weighted by Gasteiger charge is 2.27.